The number of aromatic nitrogens is 2. The fourth-order valence-corrected chi connectivity index (χ4v) is 2.12. The first-order chi connectivity index (χ1) is 9.79. The van der Waals surface area contributed by atoms with E-state index in [0.29, 0.717) is 28.1 Å². The number of benzene rings is 2. The van der Waals surface area contributed by atoms with Gasteiger partial charge in [-0.3, -0.25) is 0 Å². The van der Waals surface area contributed by atoms with Crippen molar-refractivity contribution in [3.05, 3.63) is 53.6 Å². The van der Waals surface area contributed by atoms with Gasteiger partial charge in [-0.2, -0.15) is 4.98 Å². The molecule has 1 heterocycles. The minimum absolute atomic E-state index is 0.386. The van der Waals surface area contributed by atoms with Crippen molar-refractivity contribution < 1.29 is 9.26 Å². The maximum atomic E-state index is 6.12. The first-order valence-electron chi connectivity index (χ1n) is 6.01. The van der Waals surface area contributed by atoms with E-state index in [2.05, 4.69) is 10.1 Å². The molecule has 1 aromatic heterocycles. The number of hydrogen-bond donors (Lipinski definition) is 0. The molecular weight excluding hydrogens is 276 g/mol. The van der Waals surface area contributed by atoms with Gasteiger partial charge in [0.05, 0.1) is 23.3 Å². The number of hydrogen-bond acceptors (Lipinski definition) is 4. The molecule has 3 rings (SSSR count). The highest BCUT2D eigenvalue weighted by molar-refractivity contribution is 6.33. The van der Waals surface area contributed by atoms with Crippen LogP contribution in [0, 0.1) is 0 Å². The highest BCUT2D eigenvalue weighted by Gasteiger charge is 2.15. The van der Waals surface area contributed by atoms with E-state index in [1.165, 1.54) is 0 Å². The molecule has 100 valence electrons. The highest BCUT2D eigenvalue weighted by atomic mass is 35.5. The molecule has 3 aromatic rings. The number of halogens is 1. The molecule has 0 aliphatic rings. The lowest BCUT2D eigenvalue weighted by Gasteiger charge is -2.03. The molecule has 5 heteroatoms. The average molecular weight is 287 g/mol. The summed E-state index contributed by atoms with van der Waals surface area (Å²) in [6.07, 6.45) is 0. The Morgan fingerprint density at radius 3 is 2.45 bits per heavy atom. The van der Waals surface area contributed by atoms with E-state index < -0.39 is 0 Å². The lowest BCUT2D eigenvalue weighted by atomic mass is 10.2. The normalized spacial score (nSPS) is 10.5. The van der Waals surface area contributed by atoms with Gasteiger partial charge in [0.2, 0.25) is 5.82 Å². The van der Waals surface area contributed by atoms with Crippen LogP contribution in [0.15, 0.2) is 53.1 Å². The molecule has 0 amide bonds. The molecule has 0 aliphatic carbocycles. The van der Waals surface area contributed by atoms with E-state index in [4.69, 9.17) is 20.9 Å². The SMILES string of the molecule is COc1ccccc1-c1noc(-c2ccccc2Cl)n1. The van der Waals surface area contributed by atoms with E-state index in [9.17, 15) is 0 Å². The van der Waals surface area contributed by atoms with Crippen molar-refractivity contribution in [3.63, 3.8) is 0 Å². The summed E-state index contributed by atoms with van der Waals surface area (Å²) < 4.78 is 10.6. The molecule has 2 aromatic carbocycles. The number of methoxy groups -OCH3 is 1. The van der Waals surface area contributed by atoms with Crippen LogP contribution in [0.5, 0.6) is 5.75 Å². The van der Waals surface area contributed by atoms with Gasteiger partial charge in [-0.25, -0.2) is 0 Å². The summed E-state index contributed by atoms with van der Waals surface area (Å²) in [6.45, 7) is 0. The van der Waals surface area contributed by atoms with Crippen LogP contribution in [0.2, 0.25) is 5.02 Å². The minimum atomic E-state index is 0.386. The molecule has 0 atom stereocenters. The molecular formula is C15H11ClN2O2. The first-order valence-corrected chi connectivity index (χ1v) is 6.39. The maximum absolute atomic E-state index is 6.12. The zero-order chi connectivity index (χ0) is 13.9. The van der Waals surface area contributed by atoms with Gasteiger partial charge in [0.25, 0.3) is 5.89 Å². The van der Waals surface area contributed by atoms with E-state index in [0.717, 1.165) is 5.56 Å². The molecule has 0 unspecified atom stereocenters. The molecule has 0 saturated heterocycles. The Bertz CT molecular complexity index is 740. The van der Waals surface area contributed by atoms with E-state index in [1.807, 2.05) is 42.5 Å². The lowest BCUT2D eigenvalue weighted by molar-refractivity contribution is 0.413. The molecule has 0 aliphatic heterocycles. The van der Waals surface area contributed by atoms with Gasteiger partial charge in [-0.1, -0.05) is 41.0 Å². The van der Waals surface area contributed by atoms with Crippen LogP contribution in [0.4, 0.5) is 0 Å². The molecule has 0 bridgehead atoms. The van der Waals surface area contributed by atoms with Gasteiger partial charge in [0.15, 0.2) is 0 Å². The monoisotopic (exact) mass is 286 g/mol. The second-order valence-corrected chi connectivity index (χ2v) is 4.51. The summed E-state index contributed by atoms with van der Waals surface area (Å²) >= 11 is 6.12. The smallest absolute Gasteiger partial charge is 0.259 e. The molecule has 20 heavy (non-hydrogen) atoms. The van der Waals surface area contributed by atoms with E-state index >= 15 is 0 Å². The van der Waals surface area contributed by atoms with Crippen LogP contribution in [0.3, 0.4) is 0 Å². The summed E-state index contributed by atoms with van der Waals surface area (Å²) in [5.41, 5.74) is 1.49. The largest absolute Gasteiger partial charge is 0.496 e. The third-order valence-corrected chi connectivity index (χ3v) is 3.21. The average Bonchev–Trinajstić information content (AvgIpc) is 2.97. The second kappa shape index (κ2) is 5.35. The molecule has 0 radical (unpaired) electrons. The Labute approximate surface area is 121 Å². The number of para-hydroxylation sites is 1. The van der Waals surface area contributed by atoms with Crippen molar-refractivity contribution in [2.45, 2.75) is 0 Å². The Morgan fingerprint density at radius 1 is 1.00 bits per heavy atom. The summed E-state index contributed by atoms with van der Waals surface area (Å²) in [5, 5.41) is 4.56. The summed E-state index contributed by atoms with van der Waals surface area (Å²) in [5.74, 6) is 1.55. The van der Waals surface area contributed by atoms with E-state index in [1.54, 1.807) is 13.2 Å². The van der Waals surface area contributed by atoms with Crippen LogP contribution >= 0.6 is 11.6 Å². The van der Waals surface area contributed by atoms with Crippen LogP contribution in [0.25, 0.3) is 22.8 Å². The van der Waals surface area contributed by atoms with Gasteiger partial charge in [0, 0.05) is 0 Å². The molecule has 0 saturated carbocycles. The predicted octanol–water partition coefficient (Wildman–Crippen LogP) is 4.07. The minimum Gasteiger partial charge on any atom is -0.496 e. The van der Waals surface area contributed by atoms with Gasteiger partial charge in [0.1, 0.15) is 5.75 Å². The summed E-state index contributed by atoms with van der Waals surface area (Å²) in [7, 11) is 1.61. The lowest BCUT2D eigenvalue weighted by Crippen LogP contribution is -1.88. The van der Waals surface area contributed by atoms with Gasteiger partial charge in [-0.05, 0) is 24.3 Å². The first kappa shape index (κ1) is 12.7. The number of nitrogens with zero attached hydrogens (tertiary/aromatic N) is 2. The van der Waals surface area contributed by atoms with Crippen molar-refractivity contribution in [3.8, 4) is 28.6 Å². The number of ether oxygens (including phenoxy) is 1. The second-order valence-electron chi connectivity index (χ2n) is 4.10. The highest BCUT2D eigenvalue weighted by Crippen LogP contribution is 2.31. The quantitative estimate of drug-likeness (QED) is 0.728. The third kappa shape index (κ3) is 2.26. The Kier molecular flexibility index (Phi) is 3.39. The summed E-state index contributed by atoms with van der Waals surface area (Å²) in [4.78, 5) is 4.38. The van der Waals surface area contributed by atoms with Crippen LogP contribution < -0.4 is 4.74 Å². The molecule has 0 N–H and O–H groups in total. The van der Waals surface area contributed by atoms with Crippen molar-refractivity contribution in [2.24, 2.45) is 0 Å². The topological polar surface area (TPSA) is 48.2 Å². The van der Waals surface area contributed by atoms with Gasteiger partial charge >= 0.3 is 0 Å². The Morgan fingerprint density at radius 2 is 1.70 bits per heavy atom. The molecule has 0 fully saturated rings. The van der Waals surface area contributed by atoms with Crippen molar-refractivity contribution in [1.82, 2.24) is 10.1 Å². The Hall–Kier alpha value is -2.33. The maximum Gasteiger partial charge on any atom is 0.259 e. The molecule has 4 nitrogen and oxygen atoms in total. The fraction of sp³-hybridized carbons (Fsp3) is 0.0667. The predicted molar refractivity (Wildman–Crippen MR) is 76.7 cm³/mol. The Balaban J connectivity index is 2.05. The van der Waals surface area contributed by atoms with Crippen LogP contribution in [-0.4, -0.2) is 17.3 Å². The third-order valence-electron chi connectivity index (χ3n) is 2.88. The number of rotatable bonds is 3. The molecule has 0 spiro atoms. The summed E-state index contributed by atoms with van der Waals surface area (Å²) in [6, 6.07) is 14.8. The van der Waals surface area contributed by atoms with Gasteiger partial charge < -0.3 is 9.26 Å². The fourth-order valence-electron chi connectivity index (χ4n) is 1.91. The van der Waals surface area contributed by atoms with Crippen LogP contribution in [0.1, 0.15) is 0 Å². The zero-order valence-electron chi connectivity index (χ0n) is 10.7. The van der Waals surface area contributed by atoms with Crippen molar-refractivity contribution in [1.29, 1.82) is 0 Å². The standard InChI is InChI=1S/C15H11ClN2O2/c1-19-13-9-5-3-7-11(13)14-17-15(20-18-14)10-6-2-4-8-12(10)16/h2-9H,1H3. The van der Waals surface area contributed by atoms with Crippen molar-refractivity contribution in [2.75, 3.05) is 7.11 Å². The van der Waals surface area contributed by atoms with Crippen LogP contribution in [-0.2, 0) is 0 Å². The van der Waals surface area contributed by atoms with E-state index in [-0.39, 0.29) is 0 Å². The van der Waals surface area contributed by atoms with Crippen molar-refractivity contribution >= 4 is 11.6 Å². The zero-order valence-corrected chi connectivity index (χ0v) is 11.5. The van der Waals surface area contributed by atoms with Gasteiger partial charge in [-0.15, -0.1) is 0 Å².